The molecule has 2 amide bonds. The molecular formula is C17H10ClN3O3S. The summed E-state index contributed by atoms with van der Waals surface area (Å²) in [6.07, 6.45) is 6.56. The predicted octanol–water partition coefficient (Wildman–Crippen LogP) is 4.18. The first-order valence-electron chi connectivity index (χ1n) is 7.26. The van der Waals surface area contributed by atoms with Gasteiger partial charge in [0.1, 0.15) is 16.5 Å². The van der Waals surface area contributed by atoms with Crippen LogP contribution in [-0.4, -0.2) is 21.1 Å². The first kappa shape index (κ1) is 15.9. The third-order valence-corrected chi connectivity index (χ3v) is 4.89. The Morgan fingerprint density at radius 2 is 2.08 bits per heavy atom. The van der Waals surface area contributed by atoms with Crippen LogP contribution in [0, 0.1) is 6.92 Å². The van der Waals surface area contributed by atoms with Crippen molar-refractivity contribution in [3.63, 3.8) is 0 Å². The molecule has 0 spiro atoms. The molecule has 3 aromatic heterocycles. The molecule has 0 aliphatic carbocycles. The lowest BCUT2D eigenvalue weighted by atomic mass is 10.1. The number of imide groups is 1. The molecule has 1 saturated heterocycles. The Morgan fingerprint density at radius 3 is 2.80 bits per heavy atom. The van der Waals surface area contributed by atoms with Crippen LogP contribution in [0.1, 0.15) is 11.3 Å². The van der Waals surface area contributed by atoms with Crippen LogP contribution in [0.15, 0.2) is 40.0 Å². The molecule has 25 heavy (non-hydrogen) atoms. The minimum absolute atomic E-state index is 0.294. The van der Waals surface area contributed by atoms with E-state index in [9.17, 15) is 9.59 Å². The summed E-state index contributed by atoms with van der Waals surface area (Å²) < 4.78 is 5.89. The van der Waals surface area contributed by atoms with Crippen LogP contribution in [0.3, 0.4) is 0 Å². The fraction of sp³-hybridized carbons (Fsp3) is 0.0588. The van der Waals surface area contributed by atoms with E-state index in [2.05, 4.69) is 15.3 Å². The topological polar surface area (TPSA) is 85.1 Å². The highest BCUT2D eigenvalue weighted by Gasteiger charge is 2.25. The van der Waals surface area contributed by atoms with E-state index in [1.165, 1.54) is 0 Å². The molecular weight excluding hydrogens is 362 g/mol. The van der Waals surface area contributed by atoms with Crippen LogP contribution in [0.2, 0.25) is 5.15 Å². The maximum atomic E-state index is 11.7. The van der Waals surface area contributed by atoms with Gasteiger partial charge in [0.15, 0.2) is 0 Å². The molecule has 0 aromatic carbocycles. The molecule has 3 aromatic rings. The highest BCUT2D eigenvalue weighted by Crippen LogP contribution is 2.33. The van der Waals surface area contributed by atoms with Crippen LogP contribution in [-0.2, 0) is 4.79 Å². The van der Waals surface area contributed by atoms with E-state index in [1.807, 2.05) is 13.0 Å². The molecule has 8 heteroatoms. The van der Waals surface area contributed by atoms with Gasteiger partial charge in [0.05, 0.1) is 4.91 Å². The number of nitrogens with one attached hydrogen (secondary N) is 1. The summed E-state index contributed by atoms with van der Waals surface area (Å²) in [5, 5.41) is 3.05. The predicted molar refractivity (Wildman–Crippen MR) is 96.1 cm³/mol. The van der Waals surface area contributed by atoms with Crippen molar-refractivity contribution in [3.05, 3.63) is 52.1 Å². The van der Waals surface area contributed by atoms with Crippen LogP contribution >= 0.6 is 23.4 Å². The summed E-state index contributed by atoms with van der Waals surface area (Å²) in [4.78, 5) is 31.6. The number of hydrogen-bond donors (Lipinski definition) is 1. The van der Waals surface area contributed by atoms with Crippen LogP contribution in [0.5, 0.6) is 0 Å². The van der Waals surface area contributed by atoms with Crippen molar-refractivity contribution >= 4 is 51.6 Å². The number of furan rings is 1. The molecule has 4 heterocycles. The number of thioether (sulfide) groups is 1. The van der Waals surface area contributed by atoms with Crippen molar-refractivity contribution in [2.75, 3.05) is 0 Å². The lowest BCUT2D eigenvalue weighted by Crippen LogP contribution is -2.17. The van der Waals surface area contributed by atoms with E-state index < -0.39 is 11.1 Å². The van der Waals surface area contributed by atoms with Crippen molar-refractivity contribution in [1.29, 1.82) is 0 Å². The number of rotatable bonds is 2. The number of amides is 2. The molecule has 0 unspecified atom stereocenters. The van der Waals surface area contributed by atoms with Gasteiger partial charge < -0.3 is 4.42 Å². The van der Waals surface area contributed by atoms with Crippen molar-refractivity contribution in [2.45, 2.75) is 6.92 Å². The zero-order valence-electron chi connectivity index (χ0n) is 12.9. The van der Waals surface area contributed by atoms with Crippen LogP contribution in [0.25, 0.3) is 28.2 Å². The van der Waals surface area contributed by atoms with Gasteiger partial charge in [0.25, 0.3) is 11.1 Å². The van der Waals surface area contributed by atoms with Gasteiger partial charge in [-0.15, -0.1) is 0 Å². The van der Waals surface area contributed by atoms with E-state index in [4.69, 9.17) is 16.0 Å². The maximum Gasteiger partial charge on any atom is 0.290 e. The van der Waals surface area contributed by atoms with Crippen molar-refractivity contribution < 1.29 is 14.0 Å². The summed E-state index contributed by atoms with van der Waals surface area (Å²) in [5.74, 6) is 0.0431. The van der Waals surface area contributed by atoms with E-state index in [-0.39, 0.29) is 0 Å². The summed E-state index contributed by atoms with van der Waals surface area (Å²) >= 11 is 6.83. The van der Waals surface area contributed by atoms with Gasteiger partial charge in [0.2, 0.25) is 0 Å². The second-order valence-electron chi connectivity index (χ2n) is 5.44. The number of pyridine rings is 2. The summed E-state index contributed by atoms with van der Waals surface area (Å²) in [6, 6.07) is 3.68. The Kier molecular flexibility index (Phi) is 3.82. The van der Waals surface area contributed by atoms with Crippen LogP contribution in [0.4, 0.5) is 4.79 Å². The largest absolute Gasteiger partial charge is 0.456 e. The molecule has 0 saturated carbocycles. The molecule has 0 atom stereocenters. The first-order chi connectivity index (χ1) is 12.0. The minimum Gasteiger partial charge on any atom is -0.456 e. The lowest BCUT2D eigenvalue weighted by Gasteiger charge is -2.04. The number of carbonyl (C=O) groups excluding carboxylic acids is 2. The Bertz CT molecular complexity index is 1070. The van der Waals surface area contributed by atoms with Crippen LogP contribution < -0.4 is 5.32 Å². The zero-order valence-corrected chi connectivity index (χ0v) is 14.4. The number of hydrogen-bond acceptors (Lipinski definition) is 6. The third kappa shape index (κ3) is 2.92. The quantitative estimate of drug-likeness (QED) is 0.537. The number of nitrogens with zero attached hydrogens (tertiary/aromatic N) is 2. The van der Waals surface area contributed by atoms with Crippen molar-refractivity contribution in [3.8, 4) is 11.1 Å². The van der Waals surface area contributed by atoms with Gasteiger partial charge in [-0.3, -0.25) is 19.9 Å². The summed E-state index contributed by atoms with van der Waals surface area (Å²) in [5.41, 5.74) is 3.08. The lowest BCUT2D eigenvalue weighted by molar-refractivity contribution is -0.115. The van der Waals surface area contributed by atoms with E-state index in [0.717, 1.165) is 33.8 Å². The number of aryl methyl sites for hydroxylation is 1. The molecule has 1 fully saturated rings. The highest BCUT2D eigenvalue weighted by molar-refractivity contribution is 8.18. The van der Waals surface area contributed by atoms with Crippen molar-refractivity contribution in [1.82, 2.24) is 15.3 Å². The van der Waals surface area contributed by atoms with Gasteiger partial charge >= 0.3 is 0 Å². The van der Waals surface area contributed by atoms with Gasteiger partial charge in [-0.25, -0.2) is 4.98 Å². The number of halogens is 1. The molecule has 1 aliphatic rings. The monoisotopic (exact) mass is 371 g/mol. The zero-order chi connectivity index (χ0) is 17.6. The minimum atomic E-state index is -0.425. The molecule has 124 valence electrons. The molecule has 0 radical (unpaired) electrons. The van der Waals surface area contributed by atoms with Gasteiger partial charge in [-0.05, 0) is 36.4 Å². The van der Waals surface area contributed by atoms with E-state index in [0.29, 0.717) is 21.4 Å². The first-order valence-corrected chi connectivity index (χ1v) is 8.45. The Hall–Kier alpha value is -2.64. The molecule has 4 rings (SSSR count). The summed E-state index contributed by atoms with van der Waals surface area (Å²) in [6.45, 7) is 1.87. The Morgan fingerprint density at radius 1 is 1.24 bits per heavy atom. The maximum absolute atomic E-state index is 11.7. The van der Waals surface area contributed by atoms with E-state index in [1.54, 1.807) is 30.7 Å². The number of fused-ring (bicyclic) bond motifs is 1. The normalized spacial score (nSPS) is 16.0. The van der Waals surface area contributed by atoms with Crippen molar-refractivity contribution in [2.24, 2.45) is 0 Å². The average molecular weight is 372 g/mol. The van der Waals surface area contributed by atoms with Gasteiger partial charge in [-0.2, -0.15) is 0 Å². The number of carbonyl (C=O) groups is 2. The molecule has 0 bridgehead atoms. The van der Waals surface area contributed by atoms with Gasteiger partial charge in [-0.1, -0.05) is 11.6 Å². The second kappa shape index (κ2) is 6.02. The molecule has 1 aliphatic heterocycles. The Balaban J connectivity index is 1.81. The third-order valence-electron chi connectivity index (χ3n) is 3.68. The summed E-state index contributed by atoms with van der Waals surface area (Å²) in [7, 11) is 0. The standard InChI is InChI=1S/C17H10ClN3O3S/c1-8-2-9(6-20-15(8)18)12-7-19-5-10-3-11(24-14(10)12)4-13-16(22)21-17(23)25-13/h2-7H,1H3,(H,21,22,23). The number of aromatic nitrogens is 2. The van der Waals surface area contributed by atoms with E-state index >= 15 is 0 Å². The fourth-order valence-corrected chi connectivity index (χ4v) is 3.28. The second-order valence-corrected chi connectivity index (χ2v) is 6.81. The Labute approximate surface area is 151 Å². The smallest absolute Gasteiger partial charge is 0.290 e. The average Bonchev–Trinajstić information content (AvgIpc) is 3.12. The molecule has 1 N–H and O–H groups in total. The SMILES string of the molecule is Cc1cc(-c2cncc3cc(C=C4SC(=O)NC4=O)oc23)cnc1Cl. The highest BCUT2D eigenvalue weighted by atomic mass is 35.5. The fourth-order valence-electron chi connectivity index (χ4n) is 2.51. The molecule has 6 nitrogen and oxygen atoms in total. The van der Waals surface area contributed by atoms with Gasteiger partial charge in [0, 0.05) is 41.2 Å².